The summed E-state index contributed by atoms with van der Waals surface area (Å²) in [4.78, 5) is 0. The van der Waals surface area contributed by atoms with E-state index in [1.165, 1.54) is 5.56 Å². The van der Waals surface area contributed by atoms with Gasteiger partial charge in [0.2, 0.25) is 5.92 Å². The predicted molar refractivity (Wildman–Crippen MR) is 66.7 cm³/mol. The molecule has 0 heterocycles. The van der Waals surface area contributed by atoms with E-state index in [1.54, 1.807) is 0 Å². The molecule has 1 aliphatic rings. The minimum atomic E-state index is -2.46. The largest absolute Gasteiger partial charge is 0.248 e. The Hall–Kier alpha value is -0.920. The molecule has 1 atom stereocenters. The van der Waals surface area contributed by atoms with Crippen molar-refractivity contribution in [3.8, 4) is 0 Å². The molecule has 0 unspecified atom stereocenters. The van der Waals surface area contributed by atoms with Crippen LogP contribution in [0, 0.1) is 0 Å². The highest BCUT2D eigenvalue weighted by molar-refractivity contribution is 5.27. The lowest BCUT2D eigenvalue weighted by Crippen LogP contribution is -2.24. The number of benzene rings is 1. The fourth-order valence-corrected chi connectivity index (χ4v) is 2.61. The molecule has 1 aliphatic carbocycles. The summed E-state index contributed by atoms with van der Waals surface area (Å²) in [5, 5.41) is 0. The number of halogens is 2. The highest BCUT2D eigenvalue weighted by Crippen LogP contribution is 2.41. The summed E-state index contributed by atoms with van der Waals surface area (Å²) in [7, 11) is 0. The highest BCUT2D eigenvalue weighted by Gasteiger charge is 2.36. The second kappa shape index (κ2) is 4.75. The molecule has 0 saturated heterocycles. The third kappa shape index (κ3) is 3.05. The molecule has 2 heteroatoms. The second-order valence-electron chi connectivity index (χ2n) is 5.47. The molecule has 0 spiro atoms. The average Bonchev–Trinajstić information content (AvgIpc) is 2.28. The first-order valence-corrected chi connectivity index (χ1v) is 6.45. The van der Waals surface area contributed by atoms with Crippen LogP contribution < -0.4 is 0 Å². The topological polar surface area (TPSA) is 0 Å². The fourth-order valence-electron chi connectivity index (χ4n) is 2.61. The Labute approximate surface area is 102 Å². The van der Waals surface area contributed by atoms with Crippen molar-refractivity contribution < 1.29 is 8.78 Å². The number of hydrogen-bond donors (Lipinski definition) is 0. The van der Waals surface area contributed by atoms with Crippen LogP contribution in [0.2, 0.25) is 0 Å². The molecule has 0 radical (unpaired) electrons. The molecule has 94 valence electrons. The lowest BCUT2D eigenvalue weighted by Gasteiger charge is -2.29. The normalized spacial score (nSPS) is 23.9. The van der Waals surface area contributed by atoms with Crippen molar-refractivity contribution >= 4 is 0 Å². The minimum Gasteiger partial charge on any atom is -0.207 e. The van der Waals surface area contributed by atoms with Gasteiger partial charge in [-0.05, 0) is 35.8 Å². The smallest absolute Gasteiger partial charge is 0.207 e. The van der Waals surface area contributed by atoms with E-state index in [4.69, 9.17) is 0 Å². The molecule has 1 aromatic rings. The van der Waals surface area contributed by atoms with Crippen LogP contribution in [0.25, 0.3) is 0 Å². The van der Waals surface area contributed by atoms with Gasteiger partial charge in [0, 0.05) is 12.8 Å². The number of hydrogen-bond acceptors (Lipinski definition) is 0. The molecule has 17 heavy (non-hydrogen) atoms. The van der Waals surface area contributed by atoms with Crippen LogP contribution in [-0.2, 0) is 0 Å². The van der Waals surface area contributed by atoms with Crippen molar-refractivity contribution in [3.05, 3.63) is 35.4 Å². The molecule has 1 fully saturated rings. The lowest BCUT2D eigenvalue weighted by molar-refractivity contribution is -0.0408. The van der Waals surface area contributed by atoms with Gasteiger partial charge in [-0.3, -0.25) is 0 Å². The zero-order chi connectivity index (χ0) is 12.5. The Morgan fingerprint density at radius 2 is 1.82 bits per heavy atom. The molecular weight excluding hydrogens is 218 g/mol. The van der Waals surface area contributed by atoms with Gasteiger partial charge < -0.3 is 0 Å². The van der Waals surface area contributed by atoms with Gasteiger partial charge in [-0.15, -0.1) is 0 Å². The molecule has 1 saturated carbocycles. The van der Waals surface area contributed by atoms with E-state index in [-0.39, 0.29) is 18.8 Å². The summed E-state index contributed by atoms with van der Waals surface area (Å²) >= 11 is 0. The first-order chi connectivity index (χ1) is 7.98. The first kappa shape index (κ1) is 12.5. The molecule has 0 aromatic heterocycles. The van der Waals surface area contributed by atoms with Crippen LogP contribution in [0.4, 0.5) is 8.78 Å². The van der Waals surface area contributed by atoms with Gasteiger partial charge in [-0.25, -0.2) is 8.78 Å². The first-order valence-electron chi connectivity index (χ1n) is 6.45. The van der Waals surface area contributed by atoms with E-state index >= 15 is 0 Å². The van der Waals surface area contributed by atoms with Crippen molar-refractivity contribution in [3.63, 3.8) is 0 Å². The predicted octanol–water partition coefficient (Wildman–Crippen LogP) is 5.10. The van der Waals surface area contributed by atoms with Gasteiger partial charge in [-0.2, -0.15) is 0 Å². The highest BCUT2D eigenvalue weighted by atomic mass is 19.3. The van der Waals surface area contributed by atoms with E-state index in [0.29, 0.717) is 12.3 Å². The Balaban J connectivity index is 2.12. The molecule has 0 aliphatic heterocycles. The molecule has 1 aromatic carbocycles. The molecule has 2 rings (SSSR count). The van der Waals surface area contributed by atoms with Crippen molar-refractivity contribution in [2.45, 2.75) is 57.3 Å². The van der Waals surface area contributed by atoms with Crippen LogP contribution in [0.5, 0.6) is 0 Å². The minimum absolute atomic E-state index is 0.0219. The van der Waals surface area contributed by atoms with Crippen molar-refractivity contribution in [2.24, 2.45) is 0 Å². The molecule has 0 N–H and O–H groups in total. The van der Waals surface area contributed by atoms with E-state index in [2.05, 4.69) is 26.0 Å². The third-order valence-corrected chi connectivity index (χ3v) is 3.71. The van der Waals surface area contributed by atoms with Gasteiger partial charge in [0.25, 0.3) is 0 Å². The Morgan fingerprint density at radius 3 is 2.35 bits per heavy atom. The third-order valence-electron chi connectivity index (χ3n) is 3.71. The summed E-state index contributed by atoms with van der Waals surface area (Å²) < 4.78 is 26.7. The Kier molecular flexibility index (Phi) is 3.50. The molecule has 0 bridgehead atoms. The van der Waals surface area contributed by atoms with E-state index < -0.39 is 5.92 Å². The zero-order valence-corrected chi connectivity index (χ0v) is 10.5. The number of rotatable bonds is 2. The van der Waals surface area contributed by atoms with Crippen LogP contribution >= 0.6 is 0 Å². The van der Waals surface area contributed by atoms with Gasteiger partial charge >= 0.3 is 0 Å². The van der Waals surface area contributed by atoms with Gasteiger partial charge in [-0.1, -0.05) is 38.1 Å². The summed E-state index contributed by atoms with van der Waals surface area (Å²) in [5.41, 5.74) is 2.35. The lowest BCUT2D eigenvalue weighted by atomic mass is 9.81. The molecule has 0 amide bonds. The SMILES string of the molecule is CC(C)c1ccc([C@H]2CCCC(F)(F)C2)cc1. The maximum atomic E-state index is 13.3. The quantitative estimate of drug-likeness (QED) is 0.672. The van der Waals surface area contributed by atoms with Crippen LogP contribution in [0.1, 0.15) is 62.5 Å². The van der Waals surface area contributed by atoms with Crippen molar-refractivity contribution in [1.29, 1.82) is 0 Å². The molecular formula is C15H20F2. The Morgan fingerprint density at radius 1 is 1.18 bits per heavy atom. The van der Waals surface area contributed by atoms with Gasteiger partial charge in [0.05, 0.1) is 0 Å². The number of alkyl halides is 2. The summed E-state index contributed by atoms with van der Waals surface area (Å²) in [6.07, 6.45) is 1.63. The standard InChI is InChI=1S/C15H20F2/c1-11(2)12-5-7-13(8-6-12)14-4-3-9-15(16,17)10-14/h5-8,11,14H,3-4,9-10H2,1-2H3/t14-/m0/s1. The van der Waals surface area contributed by atoms with E-state index in [1.807, 2.05) is 12.1 Å². The summed E-state index contributed by atoms with van der Waals surface area (Å²) in [5.74, 6) is -1.92. The van der Waals surface area contributed by atoms with Crippen LogP contribution in [0.3, 0.4) is 0 Å². The van der Waals surface area contributed by atoms with Gasteiger partial charge in [0.15, 0.2) is 0 Å². The van der Waals surface area contributed by atoms with Crippen LogP contribution in [-0.4, -0.2) is 5.92 Å². The fraction of sp³-hybridized carbons (Fsp3) is 0.600. The monoisotopic (exact) mass is 238 g/mol. The Bertz CT molecular complexity index is 365. The van der Waals surface area contributed by atoms with E-state index in [9.17, 15) is 8.78 Å². The maximum absolute atomic E-state index is 13.3. The average molecular weight is 238 g/mol. The van der Waals surface area contributed by atoms with Crippen LogP contribution in [0.15, 0.2) is 24.3 Å². The van der Waals surface area contributed by atoms with Crippen molar-refractivity contribution in [2.75, 3.05) is 0 Å². The maximum Gasteiger partial charge on any atom is 0.248 e. The summed E-state index contributed by atoms with van der Waals surface area (Å²) in [6.45, 7) is 4.29. The van der Waals surface area contributed by atoms with Gasteiger partial charge in [0.1, 0.15) is 0 Å². The zero-order valence-electron chi connectivity index (χ0n) is 10.5. The summed E-state index contributed by atoms with van der Waals surface area (Å²) in [6, 6.07) is 8.21. The second-order valence-corrected chi connectivity index (χ2v) is 5.47. The van der Waals surface area contributed by atoms with Crippen molar-refractivity contribution in [1.82, 2.24) is 0 Å². The van der Waals surface area contributed by atoms with E-state index in [0.717, 1.165) is 12.0 Å². The molecule has 0 nitrogen and oxygen atoms in total.